The topological polar surface area (TPSA) is 49.8 Å². The van der Waals surface area contributed by atoms with Crippen molar-refractivity contribution in [1.82, 2.24) is 4.90 Å². The predicted octanol–water partition coefficient (Wildman–Crippen LogP) is 2.95. The zero-order valence-corrected chi connectivity index (χ0v) is 14.7. The second kappa shape index (κ2) is 7.45. The second-order valence-electron chi connectivity index (χ2n) is 7.09. The first kappa shape index (κ1) is 18.0. The Hall–Kier alpha value is -1.39. The molecule has 2 rings (SSSR count). The van der Waals surface area contributed by atoms with Crippen molar-refractivity contribution in [2.75, 3.05) is 20.3 Å². The summed E-state index contributed by atoms with van der Waals surface area (Å²) in [6.45, 7) is 7.72. The van der Waals surface area contributed by atoms with Gasteiger partial charge in [0.25, 0.3) is 5.91 Å². The van der Waals surface area contributed by atoms with Crippen molar-refractivity contribution in [2.45, 2.75) is 51.7 Å². The summed E-state index contributed by atoms with van der Waals surface area (Å²) in [7, 11) is 1.76. The van der Waals surface area contributed by atoms with Crippen molar-refractivity contribution in [3.8, 4) is 0 Å². The van der Waals surface area contributed by atoms with E-state index in [9.17, 15) is 9.90 Å². The van der Waals surface area contributed by atoms with Gasteiger partial charge >= 0.3 is 0 Å². The highest BCUT2D eigenvalue weighted by Gasteiger charge is 2.41. The molecule has 1 aromatic rings. The number of likely N-dealkylation sites (N-methyl/N-ethyl adjacent to an activating group) is 1. The van der Waals surface area contributed by atoms with Crippen LogP contribution in [0.15, 0.2) is 24.3 Å². The highest BCUT2D eigenvalue weighted by molar-refractivity contribution is 5.84. The molecular weight excluding hydrogens is 290 g/mol. The molecule has 1 atom stereocenters. The molecule has 0 saturated carbocycles. The van der Waals surface area contributed by atoms with E-state index >= 15 is 0 Å². The van der Waals surface area contributed by atoms with E-state index < -0.39 is 5.60 Å². The fourth-order valence-corrected chi connectivity index (χ4v) is 3.17. The number of carbonyl (C=O) groups is 1. The average molecular weight is 319 g/mol. The number of aliphatic hydroxyl groups is 1. The first-order chi connectivity index (χ1) is 10.8. The van der Waals surface area contributed by atoms with Gasteiger partial charge < -0.3 is 14.7 Å². The third kappa shape index (κ3) is 4.33. The van der Waals surface area contributed by atoms with Crippen LogP contribution in [0, 0.1) is 5.92 Å². The Kier molecular flexibility index (Phi) is 5.82. The number of ether oxygens (including phenoxy) is 1. The lowest BCUT2D eigenvalue weighted by atomic mass is 9.82. The molecule has 0 radical (unpaired) electrons. The minimum absolute atomic E-state index is 0.0329. The van der Waals surface area contributed by atoms with Crippen LogP contribution in [0.3, 0.4) is 0 Å². The summed E-state index contributed by atoms with van der Waals surface area (Å²) in [4.78, 5) is 14.3. The number of hydrogen-bond donors (Lipinski definition) is 1. The molecule has 0 spiro atoms. The quantitative estimate of drug-likeness (QED) is 0.908. The number of amides is 1. The molecule has 1 fully saturated rings. The minimum Gasteiger partial charge on any atom is -0.381 e. The van der Waals surface area contributed by atoms with E-state index in [1.165, 1.54) is 5.56 Å². The summed E-state index contributed by atoms with van der Waals surface area (Å²) in [6, 6.07) is 8.33. The lowest BCUT2D eigenvalue weighted by Crippen LogP contribution is -2.51. The van der Waals surface area contributed by atoms with E-state index in [2.05, 4.69) is 38.1 Å². The molecule has 128 valence electrons. The average Bonchev–Trinajstić information content (AvgIpc) is 2.55. The van der Waals surface area contributed by atoms with Crippen molar-refractivity contribution in [1.29, 1.82) is 0 Å². The zero-order valence-electron chi connectivity index (χ0n) is 14.7. The van der Waals surface area contributed by atoms with Crippen LogP contribution in [-0.4, -0.2) is 41.8 Å². The van der Waals surface area contributed by atoms with E-state index in [4.69, 9.17) is 4.74 Å². The Morgan fingerprint density at radius 3 is 2.39 bits per heavy atom. The Morgan fingerprint density at radius 2 is 1.87 bits per heavy atom. The van der Waals surface area contributed by atoms with Crippen molar-refractivity contribution in [3.63, 3.8) is 0 Å². The molecule has 1 saturated heterocycles. The van der Waals surface area contributed by atoms with Crippen LogP contribution in [0.5, 0.6) is 0 Å². The third-order valence-electron chi connectivity index (χ3n) is 4.86. The van der Waals surface area contributed by atoms with Gasteiger partial charge in [0.15, 0.2) is 0 Å². The lowest BCUT2D eigenvalue weighted by Gasteiger charge is -2.36. The molecule has 1 amide bonds. The SMILES string of the molecule is CC(C)c1ccc(CN(C)C(=O)C(C)(O)C2CCOCC2)cc1. The molecule has 1 unspecified atom stereocenters. The molecule has 0 aliphatic carbocycles. The largest absolute Gasteiger partial charge is 0.381 e. The van der Waals surface area contributed by atoms with Gasteiger partial charge in [-0.05, 0) is 36.8 Å². The smallest absolute Gasteiger partial charge is 0.254 e. The number of rotatable bonds is 5. The van der Waals surface area contributed by atoms with Crippen LogP contribution < -0.4 is 0 Å². The maximum atomic E-state index is 12.7. The first-order valence-electron chi connectivity index (χ1n) is 8.47. The van der Waals surface area contributed by atoms with Crippen LogP contribution in [0.2, 0.25) is 0 Å². The van der Waals surface area contributed by atoms with Crippen molar-refractivity contribution < 1.29 is 14.6 Å². The predicted molar refractivity (Wildman–Crippen MR) is 91.2 cm³/mol. The summed E-state index contributed by atoms with van der Waals surface area (Å²) in [5.41, 5.74) is 1.04. The summed E-state index contributed by atoms with van der Waals surface area (Å²) < 4.78 is 5.33. The molecule has 4 nitrogen and oxygen atoms in total. The van der Waals surface area contributed by atoms with Crippen LogP contribution in [0.25, 0.3) is 0 Å². The van der Waals surface area contributed by atoms with Gasteiger partial charge in [0.1, 0.15) is 5.60 Å². The lowest BCUT2D eigenvalue weighted by molar-refractivity contribution is -0.158. The summed E-state index contributed by atoms with van der Waals surface area (Å²) in [5.74, 6) is 0.254. The fraction of sp³-hybridized carbons (Fsp3) is 0.632. The maximum Gasteiger partial charge on any atom is 0.254 e. The van der Waals surface area contributed by atoms with E-state index in [0.717, 1.165) is 18.4 Å². The molecule has 1 aliphatic heterocycles. The van der Waals surface area contributed by atoms with Crippen LogP contribution in [0.4, 0.5) is 0 Å². The Bertz CT molecular complexity index is 516. The molecule has 1 N–H and O–H groups in total. The summed E-state index contributed by atoms with van der Waals surface area (Å²) in [6.07, 6.45) is 1.46. The number of carbonyl (C=O) groups excluding carboxylic acids is 1. The van der Waals surface area contributed by atoms with E-state index in [-0.39, 0.29) is 11.8 Å². The number of hydrogen-bond acceptors (Lipinski definition) is 3. The number of benzene rings is 1. The van der Waals surface area contributed by atoms with E-state index in [0.29, 0.717) is 25.7 Å². The van der Waals surface area contributed by atoms with Gasteiger partial charge in [0.2, 0.25) is 0 Å². The van der Waals surface area contributed by atoms with E-state index in [1.54, 1.807) is 18.9 Å². The van der Waals surface area contributed by atoms with Crippen molar-refractivity contribution in [2.24, 2.45) is 5.92 Å². The summed E-state index contributed by atoms with van der Waals surface area (Å²) in [5, 5.41) is 10.7. The Morgan fingerprint density at radius 1 is 1.30 bits per heavy atom. The molecule has 0 aromatic heterocycles. The molecule has 23 heavy (non-hydrogen) atoms. The van der Waals surface area contributed by atoms with Crippen molar-refractivity contribution >= 4 is 5.91 Å². The van der Waals surface area contributed by atoms with Gasteiger partial charge in [-0.15, -0.1) is 0 Å². The monoisotopic (exact) mass is 319 g/mol. The van der Waals surface area contributed by atoms with E-state index in [1.807, 2.05) is 0 Å². The van der Waals surface area contributed by atoms with Gasteiger partial charge in [-0.1, -0.05) is 38.1 Å². The van der Waals surface area contributed by atoms with Crippen LogP contribution >= 0.6 is 0 Å². The zero-order chi connectivity index (χ0) is 17.0. The molecule has 4 heteroatoms. The van der Waals surface area contributed by atoms with Gasteiger partial charge in [-0.3, -0.25) is 4.79 Å². The van der Waals surface area contributed by atoms with Gasteiger partial charge in [0, 0.05) is 32.7 Å². The van der Waals surface area contributed by atoms with Crippen LogP contribution in [-0.2, 0) is 16.1 Å². The Labute approximate surface area is 139 Å². The Balaban J connectivity index is 2.00. The number of nitrogens with zero attached hydrogens (tertiary/aromatic N) is 1. The molecule has 1 aromatic carbocycles. The standard InChI is InChI=1S/C19H29NO3/c1-14(2)16-7-5-15(6-8-16)13-20(4)18(21)19(3,22)17-9-11-23-12-10-17/h5-8,14,17,22H,9-13H2,1-4H3. The normalized spacial score (nSPS) is 18.7. The van der Waals surface area contributed by atoms with Gasteiger partial charge in [-0.25, -0.2) is 0 Å². The molecule has 1 heterocycles. The van der Waals surface area contributed by atoms with Crippen LogP contribution in [0.1, 0.15) is 50.7 Å². The molecule has 0 bridgehead atoms. The molecular formula is C19H29NO3. The fourth-order valence-electron chi connectivity index (χ4n) is 3.17. The first-order valence-corrected chi connectivity index (χ1v) is 8.47. The van der Waals surface area contributed by atoms with Gasteiger partial charge in [-0.2, -0.15) is 0 Å². The summed E-state index contributed by atoms with van der Waals surface area (Å²) >= 11 is 0. The third-order valence-corrected chi connectivity index (χ3v) is 4.86. The minimum atomic E-state index is -1.32. The van der Waals surface area contributed by atoms with Gasteiger partial charge in [0.05, 0.1) is 0 Å². The maximum absolute atomic E-state index is 12.7. The second-order valence-corrected chi connectivity index (χ2v) is 7.09. The van der Waals surface area contributed by atoms with Crippen molar-refractivity contribution in [3.05, 3.63) is 35.4 Å². The molecule has 1 aliphatic rings. The highest BCUT2D eigenvalue weighted by atomic mass is 16.5. The highest BCUT2D eigenvalue weighted by Crippen LogP contribution is 2.29.